The van der Waals surface area contributed by atoms with Gasteiger partial charge in [0.15, 0.2) is 0 Å². The van der Waals surface area contributed by atoms with E-state index in [2.05, 4.69) is 20.7 Å². The third kappa shape index (κ3) is 3.82. The molecule has 0 aliphatic rings. The maximum atomic E-state index is 12.3. The molecule has 3 nitrogen and oxygen atoms in total. The first kappa shape index (κ1) is 15.5. The predicted molar refractivity (Wildman–Crippen MR) is 84.4 cm³/mol. The number of rotatable bonds is 5. The summed E-state index contributed by atoms with van der Waals surface area (Å²) in [5.41, 5.74) is 0.834. The summed E-state index contributed by atoms with van der Waals surface area (Å²) >= 11 is 9.16. The normalized spacial score (nSPS) is 13.1. The molecule has 0 spiro atoms. The van der Waals surface area contributed by atoms with Crippen molar-refractivity contribution in [2.45, 2.75) is 10.9 Å². The predicted octanol–water partition coefficient (Wildman–Crippen LogP) is 3.71. The molecule has 0 fully saturated rings. The fraction of sp³-hybridized carbons (Fsp3) is 0.143. The molecule has 2 aromatic carbocycles. The molecule has 106 valence electrons. The van der Waals surface area contributed by atoms with Crippen LogP contribution in [0, 0.1) is 0 Å². The Bertz CT molecular complexity index is 677. The topological polar surface area (TPSA) is 46.2 Å². The molecule has 1 N–H and O–H groups in total. The highest BCUT2D eigenvalue weighted by Crippen LogP contribution is 2.20. The van der Waals surface area contributed by atoms with Crippen molar-refractivity contribution in [3.8, 4) is 0 Å². The Morgan fingerprint density at radius 2 is 1.80 bits per heavy atom. The largest absolute Gasteiger partial charge is 0.241 e. The molecule has 0 aliphatic heterocycles. The number of hydrogen-bond donors (Lipinski definition) is 1. The molecule has 0 aliphatic carbocycles. The van der Waals surface area contributed by atoms with Gasteiger partial charge in [-0.1, -0.05) is 52.3 Å². The minimum atomic E-state index is -3.61. The first-order valence-corrected chi connectivity index (χ1v) is 8.73. The third-order valence-corrected chi connectivity index (χ3v) is 5.03. The third-order valence-electron chi connectivity index (χ3n) is 2.76. The van der Waals surface area contributed by atoms with Gasteiger partial charge in [-0.05, 0) is 23.8 Å². The van der Waals surface area contributed by atoms with Gasteiger partial charge in [0.2, 0.25) is 10.0 Å². The molecule has 0 amide bonds. The molecule has 0 bridgehead atoms. The molecule has 0 saturated carbocycles. The van der Waals surface area contributed by atoms with Crippen molar-refractivity contribution in [1.82, 2.24) is 4.72 Å². The van der Waals surface area contributed by atoms with Gasteiger partial charge in [-0.25, -0.2) is 13.1 Å². The second-order valence-electron chi connectivity index (χ2n) is 4.20. The Balaban J connectivity index is 2.27. The van der Waals surface area contributed by atoms with Crippen LogP contribution in [0.15, 0.2) is 64.0 Å². The minimum Gasteiger partial charge on any atom is -0.207 e. The van der Waals surface area contributed by atoms with E-state index in [0.29, 0.717) is 4.47 Å². The smallest absolute Gasteiger partial charge is 0.207 e. The minimum absolute atomic E-state index is 0.164. The summed E-state index contributed by atoms with van der Waals surface area (Å²) in [5.74, 6) is 0.164. The molecule has 1 atom stereocenters. The van der Waals surface area contributed by atoms with E-state index >= 15 is 0 Å². The molecule has 0 heterocycles. The van der Waals surface area contributed by atoms with Gasteiger partial charge in [0, 0.05) is 10.4 Å². The van der Waals surface area contributed by atoms with E-state index in [4.69, 9.17) is 11.6 Å². The van der Waals surface area contributed by atoms with E-state index in [9.17, 15) is 8.42 Å². The van der Waals surface area contributed by atoms with Gasteiger partial charge in [0.05, 0.1) is 10.9 Å². The Labute approximate surface area is 132 Å². The van der Waals surface area contributed by atoms with Crippen LogP contribution in [0.3, 0.4) is 0 Å². The quantitative estimate of drug-likeness (QED) is 0.811. The summed E-state index contributed by atoms with van der Waals surface area (Å²) < 4.78 is 28.0. The van der Waals surface area contributed by atoms with Crippen LogP contribution in [0.5, 0.6) is 0 Å². The first-order valence-electron chi connectivity index (χ1n) is 5.92. The van der Waals surface area contributed by atoms with Crippen LogP contribution < -0.4 is 4.72 Å². The lowest BCUT2D eigenvalue weighted by atomic mass is 10.1. The summed E-state index contributed by atoms with van der Waals surface area (Å²) in [6.07, 6.45) is 0. The zero-order valence-electron chi connectivity index (χ0n) is 10.5. The van der Waals surface area contributed by atoms with Crippen molar-refractivity contribution in [2.24, 2.45) is 0 Å². The number of nitrogens with one attached hydrogen (secondary N) is 1. The Kier molecular flexibility index (Phi) is 5.21. The van der Waals surface area contributed by atoms with Crippen molar-refractivity contribution >= 4 is 37.6 Å². The van der Waals surface area contributed by atoms with Crippen LogP contribution in [0.2, 0.25) is 0 Å². The number of benzene rings is 2. The summed E-state index contributed by atoms with van der Waals surface area (Å²) in [6, 6.07) is 15.4. The molecular weight excluding hydrogens is 362 g/mol. The van der Waals surface area contributed by atoms with Crippen LogP contribution in [0.1, 0.15) is 11.6 Å². The van der Waals surface area contributed by atoms with Gasteiger partial charge < -0.3 is 0 Å². The number of alkyl halides is 1. The Morgan fingerprint density at radius 1 is 1.10 bits per heavy atom. The van der Waals surface area contributed by atoms with E-state index in [1.165, 1.54) is 0 Å². The van der Waals surface area contributed by atoms with Crippen molar-refractivity contribution in [2.75, 3.05) is 5.88 Å². The average Bonchev–Trinajstić information content (AvgIpc) is 2.46. The molecule has 0 radical (unpaired) electrons. The van der Waals surface area contributed by atoms with E-state index in [1.54, 1.807) is 24.3 Å². The summed E-state index contributed by atoms with van der Waals surface area (Å²) in [5, 5.41) is 0. The molecule has 0 aromatic heterocycles. The first-order chi connectivity index (χ1) is 9.53. The van der Waals surface area contributed by atoms with Gasteiger partial charge >= 0.3 is 0 Å². The number of halogens is 2. The Morgan fingerprint density at radius 3 is 2.40 bits per heavy atom. The zero-order chi connectivity index (χ0) is 14.6. The van der Waals surface area contributed by atoms with Crippen molar-refractivity contribution < 1.29 is 8.42 Å². The van der Waals surface area contributed by atoms with Gasteiger partial charge in [0.25, 0.3) is 0 Å². The van der Waals surface area contributed by atoms with Gasteiger partial charge in [-0.2, -0.15) is 0 Å². The standard InChI is InChI=1S/C14H13BrClNO2S/c15-12-7-4-8-13(9-12)20(18,19)17-14(10-16)11-5-2-1-3-6-11/h1-9,14,17H,10H2. The van der Waals surface area contributed by atoms with Gasteiger partial charge in [0.1, 0.15) is 0 Å². The summed E-state index contributed by atoms with van der Waals surface area (Å²) in [7, 11) is -3.61. The maximum absolute atomic E-state index is 12.3. The fourth-order valence-electron chi connectivity index (χ4n) is 1.76. The molecule has 1 unspecified atom stereocenters. The summed E-state index contributed by atoms with van der Waals surface area (Å²) in [6.45, 7) is 0. The lowest BCUT2D eigenvalue weighted by Crippen LogP contribution is -2.29. The molecule has 20 heavy (non-hydrogen) atoms. The number of sulfonamides is 1. The molecule has 2 aromatic rings. The lowest BCUT2D eigenvalue weighted by molar-refractivity contribution is 0.568. The highest BCUT2D eigenvalue weighted by Gasteiger charge is 2.20. The summed E-state index contributed by atoms with van der Waals surface area (Å²) in [4.78, 5) is 0.206. The molecule has 2 rings (SSSR count). The SMILES string of the molecule is O=S(=O)(NC(CCl)c1ccccc1)c1cccc(Br)c1. The van der Waals surface area contributed by atoms with Crippen molar-refractivity contribution in [3.05, 3.63) is 64.6 Å². The molecule has 6 heteroatoms. The monoisotopic (exact) mass is 373 g/mol. The lowest BCUT2D eigenvalue weighted by Gasteiger charge is -2.16. The second-order valence-corrected chi connectivity index (χ2v) is 7.13. The van der Waals surface area contributed by atoms with Gasteiger partial charge in [-0.15, -0.1) is 11.6 Å². The van der Waals surface area contributed by atoms with Crippen LogP contribution >= 0.6 is 27.5 Å². The van der Waals surface area contributed by atoms with Crippen LogP contribution in [-0.4, -0.2) is 14.3 Å². The van der Waals surface area contributed by atoms with Crippen LogP contribution in [0.25, 0.3) is 0 Å². The fourth-order valence-corrected chi connectivity index (χ4v) is 3.93. The molecular formula is C14H13BrClNO2S. The highest BCUT2D eigenvalue weighted by molar-refractivity contribution is 9.10. The highest BCUT2D eigenvalue weighted by atomic mass is 79.9. The van der Waals surface area contributed by atoms with E-state index in [1.807, 2.05) is 30.3 Å². The Hall–Kier alpha value is -0.880. The van der Waals surface area contributed by atoms with E-state index < -0.39 is 16.1 Å². The van der Waals surface area contributed by atoms with Crippen molar-refractivity contribution in [3.63, 3.8) is 0 Å². The van der Waals surface area contributed by atoms with Crippen molar-refractivity contribution in [1.29, 1.82) is 0 Å². The maximum Gasteiger partial charge on any atom is 0.241 e. The van der Waals surface area contributed by atoms with Crippen LogP contribution in [0.4, 0.5) is 0 Å². The number of hydrogen-bond acceptors (Lipinski definition) is 2. The van der Waals surface area contributed by atoms with E-state index in [-0.39, 0.29) is 10.8 Å². The zero-order valence-corrected chi connectivity index (χ0v) is 13.6. The van der Waals surface area contributed by atoms with Crippen LogP contribution in [-0.2, 0) is 10.0 Å². The molecule has 0 saturated heterocycles. The average molecular weight is 375 g/mol. The van der Waals surface area contributed by atoms with Gasteiger partial charge in [-0.3, -0.25) is 0 Å². The van der Waals surface area contributed by atoms with E-state index in [0.717, 1.165) is 5.56 Å². The second kappa shape index (κ2) is 6.72.